The molecule has 0 aromatic carbocycles. The van der Waals surface area contributed by atoms with E-state index in [9.17, 15) is 9.90 Å². The van der Waals surface area contributed by atoms with E-state index in [1.807, 2.05) is 45.9 Å². The molecule has 1 aliphatic heterocycles. The van der Waals surface area contributed by atoms with Gasteiger partial charge in [-0.2, -0.15) is 5.10 Å². The van der Waals surface area contributed by atoms with E-state index in [0.717, 1.165) is 17.5 Å². The third-order valence-electron chi connectivity index (χ3n) is 3.33. The van der Waals surface area contributed by atoms with Crippen molar-refractivity contribution in [1.29, 1.82) is 0 Å². The number of allylic oxidation sites excluding steroid dienone is 3. The zero-order valence-corrected chi connectivity index (χ0v) is 13.4. The van der Waals surface area contributed by atoms with E-state index in [-0.39, 0.29) is 21.8 Å². The third kappa shape index (κ3) is 3.64. The summed E-state index contributed by atoms with van der Waals surface area (Å²) in [5.74, 6) is 0.0790. The molecule has 0 saturated heterocycles. The molecule has 0 radical (unpaired) electrons. The van der Waals surface area contributed by atoms with Crippen molar-refractivity contribution in [3.63, 3.8) is 0 Å². The number of H-pyrrole nitrogens is 1. The zero-order valence-electron chi connectivity index (χ0n) is 12.5. The van der Waals surface area contributed by atoms with Gasteiger partial charge in [-0.3, -0.25) is 4.79 Å². The van der Waals surface area contributed by atoms with Crippen LogP contribution in [-0.4, -0.2) is 26.6 Å². The normalized spacial score (nSPS) is 18.3. The van der Waals surface area contributed by atoms with Crippen LogP contribution in [0.15, 0.2) is 34.4 Å². The highest BCUT2D eigenvalue weighted by molar-refractivity contribution is 8.13. The number of hydrogen-bond donors (Lipinski definition) is 2. The molecule has 0 amide bonds. The second-order valence-corrected chi connectivity index (χ2v) is 6.99. The van der Waals surface area contributed by atoms with E-state index < -0.39 is 0 Å². The van der Waals surface area contributed by atoms with Gasteiger partial charge < -0.3 is 5.11 Å². The number of aromatic nitrogens is 2. The molecule has 1 aromatic rings. The van der Waals surface area contributed by atoms with Gasteiger partial charge in [0.15, 0.2) is 0 Å². The summed E-state index contributed by atoms with van der Waals surface area (Å²) in [7, 11) is 0. The van der Waals surface area contributed by atoms with E-state index in [1.165, 1.54) is 0 Å². The minimum absolute atomic E-state index is 0.0248. The molecule has 2 N–H and O–H groups in total. The van der Waals surface area contributed by atoms with Crippen molar-refractivity contribution in [3.05, 3.63) is 35.6 Å². The first-order valence-electron chi connectivity index (χ1n) is 6.62. The zero-order chi connectivity index (χ0) is 15.7. The topological polar surface area (TPSA) is 78.3 Å². The van der Waals surface area contributed by atoms with Gasteiger partial charge in [0.05, 0.1) is 18.1 Å². The number of hydrogen-bond acceptors (Lipinski definition) is 5. The molecular formula is C15H19N3O2S. The number of aromatic hydroxyl groups is 1. The van der Waals surface area contributed by atoms with Crippen LogP contribution in [0.2, 0.25) is 0 Å². The van der Waals surface area contributed by atoms with Crippen molar-refractivity contribution in [3.8, 4) is 5.88 Å². The monoisotopic (exact) mass is 305 g/mol. The average Bonchev–Trinajstić information content (AvgIpc) is 2.97. The molecule has 0 unspecified atom stereocenters. The van der Waals surface area contributed by atoms with Gasteiger partial charge in [-0.25, -0.2) is 9.50 Å². The van der Waals surface area contributed by atoms with Crippen LogP contribution in [0.25, 0.3) is 0 Å². The number of carbonyl (C=O) groups excluding carboxylic acids is 1. The van der Waals surface area contributed by atoms with Crippen LogP contribution in [0.3, 0.4) is 0 Å². The molecule has 2 rings (SSSR count). The number of nitrogens with zero attached hydrogens (tertiary/aromatic N) is 2. The molecule has 112 valence electrons. The Balaban J connectivity index is 2.21. The number of rotatable bonds is 4. The molecule has 6 heteroatoms. The maximum Gasteiger partial charge on any atom is 0.242 e. The van der Waals surface area contributed by atoms with E-state index in [4.69, 9.17) is 0 Å². The van der Waals surface area contributed by atoms with E-state index in [1.54, 1.807) is 12.4 Å². The van der Waals surface area contributed by atoms with Crippen molar-refractivity contribution < 1.29 is 9.90 Å². The molecule has 0 fully saturated rings. The van der Waals surface area contributed by atoms with Crippen LogP contribution in [0.1, 0.15) is 33.3 Å². The van der Waals surface area contributed by atoms with Crippen LogP contribution < -0.4 is 0 Å². The van der Waals surface area contributed by atoms with Gasteiger partial charge in [0, 0.05) is 28.2 Å². The quantitative estimate of drug-likeness (QED) is 0.509. The van der Waals surface area contributed by atoms with Crippen LogP contribution in [0.5, 0.6) is 5.88 Å². The highest BCUT2D eigenvalue weighted by Crippen LogP contribution is 2.33. The lowest BCUT2D eigenvalue weighted by Gasteiger charge is -2.22. The molecule has 0 atom stereocenters. The minimum atomic E-state index is -0.366. The smallest absolute Gasteiger partial charge is 0.242 e. The van der Waals surface area contributed by atoms with Crippen LogP contribution in [0, 0.1) is 5.41 Å². The fourth-order valence-electron chi connectivity index (χ4n) is 2.05. The van der Waals surface area contributed by atoms with Crippen molar-refractivity contribution in [2.75, 3.05) is 0 Å². The highest BCUT2D eigenvalue weighted by Gasteiger charge is 2.25. The number of nitrogens with one attached hydrogen (secondary N) is 1. The summed E-state index contributed by atoms with van der Waals surface area (Å²) in [6, 6.07) is 0. The second-order valence-electron chi connectivity index (χ2n) is 6.22. The Labute approximate surface area is 128 Å². The Bertz CT molecular complexity index is 639. The molecule has 1 aliphatic rings. The summed E-state index contributed by atoms with van der Waals surface area (Å²) < 4.78 is 3.90. The van der Waals surface area contributed by atoms with Gasteiger partial charge in [-0.15, -0.1) is 0 Å². The van der Waals surface area contributed by atoms with Crippen molar-refractivity contribution >= 4 is 23.3 Å². The highest BCUT2D eigenvalue weighted by atomic mass is 32.2. The summed E-state index contributed by atoms with van der Waals surface area (Å²) in [4.78, 5) is 11.6. The van der Waals surface area contributed by atoms with Gasteiger partial charge in [-0.05, 0) is 0 Å². The molecule has 0 saturated carbocycles. The maximum absolute atomic E-state index is 11.6. The summed E-state index contributed by atoms with van der Waals surface area (Å²) >= 11 is 0.962. The first-order chi connectivity index (χ1) is 9.71. The van der Waals surface area contributed by atoms with Gasteiger partial charge in [0.25, 0.3) is 0 Å². The molecule has 2 heterocycles. The largest absolute Gasteiger partial charge is 0.493 e. The van der Waals surface area contributed by atoms with Crippen LogP contribution in [-0.2, 0) is 10.2 Å². The van der Waals surface area contributed by atoms with E-state index in [0.29, 0.717) is 5.57 Å². The lowest BCUT2D eigenvalue weighted by atomic mass is 9.82. The van der Waals surface area contributed by atoms with Gasteiger partial charge >= 0.3 is 0 Å². The minimum Gasteiger partial charge on any atom is -0.493 e. The first-order valence-corrected chi connectivity index (χ1v) is 7.39. The maximum atomic E-state index is 11.6. The Kier molecular flexibility index (Phi) is 4.09. The Morgan fingerprint density at radius 3 is 2.52 bits per heavy atom. The molecule has 0 bridgehead atoms. The van der Waals surface area contributed by atoms with Crippen LogP contribution >= 0.6 is 11.9 Å². The van der Waals surface area contributed by atoms with Crippen molar-refractivity contribution in [1.82, 2.24) is 10.2 Å². The van der Waals surface area contributed by atoms with Crippen molar-refractivity contribution in [2.45, 2.75) is 33.1 Å². The summed E-state index contributed by atoms with van der Waals surface area (Å²) in [5.41, 5.74) is 0.698. The number of carbonyl (C=O) groups is 1. The lowest BCUT2D eigenvalue weighted by Crippen LogP contribution is -2.15. The molecule has 0 aliphatic carbocycles. The van der Waals surface area contributed by atoms with Crippen molar-refractivity contribution in [2.24, 2.45) is 9.81 Å². The lowest BCUT2D eigenvalue weighted by molar-refractivity contribution is -0.107. The first kappa shape index (κ1) is 15.6. The summed E-state index contributed by atoms with van der Waals surface area (Å²) in [6.45, 7) is 8.03. The van der Waals surface area contributed by atoms with Gasteiger partial charge in [0.1, 0.15) is 0 Å². The SMILES string of the molecule is CC(C)(/C=C1/C=NSC1=O)/C=C/C(C)(C)c1cn[nH]c1O. The van der Waals surface area contributed by atoms with E-state index in [2.05, 4.69) is 14.6 Å². The van der Waals surface area contributed by atoms with Gasteiger partial charge in [-0.1, -0.05) is 45.9 Å². The second kappa shape index (κ2) is 5.52. The van der Waals surface area contributed by atoms with Crippen LogP contribution in [0.4, 0.5) is 0 Å². The Morgan fingerprint density at radius 2 is 2.00 bits per heavy atom. The molecule has 1 aromatic heterocycles. The third-order valence-corrected chi connectivity index (χ3v) is 3.95. The fraction of sp³-hybridized carbons (Fsp3) is 0.400. The standard InChI is InChI=1S/C15H19N3O2S/c1-14(2,7-10-8-17-21-13(10)20)5-6-15(3,4)11-9-16-18-12(11)19/h5-9H,1-4H3,(H2,16,18,19)/b6-5+,10-7-. The summed E-state index contributed by atoms with van der Waals surface area (Å²) in [5, 5.41) is 16.1. The Hall–Kier alpha value is -1.82. The predicted molar refractivity (Wildman–Crippen MR) is 85.4 cm³/mol. The predicted octanol–water partition coefficient (Wildman–Crippen LogP) is 3.16. The molecule has 21 heavy (non-hydrogen) atoms. The molecule has 0 spiro atoms. The average molecular weight is 305 g/mol. The Morgan fingerprint density at radius 1 is 1.29 bits per heavy atom. The summed E-state index contributed by atoms with van der Waals surface area (Å²) in [6.07, 6.45) is 9.15. The van der Waals surface area contributed by atoms with Gasteiger partial charge in [0.2, 0.25) is 11.0 Å². The number of aromatic amines is 1. The van der Waals surface area contributed by atoms with E-state index >= 15 is 0 Å². The fourth-order valence-corrected chi connectivity index (χ4v) is 2.52. The molecule has 5 nitrogen and oxygen atoms in total. The molecular weight excluding hydrogens is 286 g/mol.